The molecular formula is C12H12F2O3. The third-order valence-corrected chi connectivity index (χ3v) is 1.93. The smallest absolute Gasteiger partial charge is 0.387 e. The Morgan fingerprint density at radius 3 is 2.65 bits per heavy atom. The molecule has 3 nitrogen and oxygen atoms in total. The summed E-state index contributed by atoms with van der Waals surface area (Å²) in [5, 5.41) is 0. The van der Waals surface area contributed by atoms with Crippen LogP contribution >= 0.6 is 0 Å². The molecular weight excluding hydrogens is 230 g/mol. The second-order valence-electron chi connectivity index (χ2n) is 3.20. The van der Waals surface area contributed by atoms with Crippen molar-refractivity contribution in [2.45, 2.75) is 13.5 Å². The van der Waals surface area contributed by atoms with Crippen molar-refractivity contribution < 1.29 is 23.0 Å². The van der Waals surface area contributed by atoms with Gasteiger partial charge in [0.1, 0.15) is 0 Å². The molecule has 0 atom stereocenters. The minimum Gasteiger partial charge on any atom is -0.493 e. The van der Waals surface area contributed by atoms with Gasteiger partial charge in [-0.25, -0.2) is 0 Å². The van der Waals surface area contributed by atoms with Crippen LogP contribution in [0.5, 0.6) is 11.5 Å². The van der Waals surface area contributed by atoms with Gasteiger partial charge in [0, 0.05) is 5.56 Å². The summed E-state index contributed by atoms with van der Waals surface area (Å²) in [7, 11) is 1.35. The molecule has 0 fully saturated rings. The molecule has 0 amide bonds. The summed E-state index contributed by atoms with van der Waals surface area (Å²) < 4.78 is 33.8. The normalized spacial score (nSPS) is 10.9. The van der Waals surface area contributed by atoms with Gasteiger partial charge in [0.05, 0.1) is 7.11 Å². The molecule has 0 saturated carbocycles. The Morgan fingerprint density at radius 1 is 1.41 bits per heavy atom. The Morgan fingerprint density at radius 2 is 2.12 bits per heavy atom. The van der Waals surface area contributed by atoms with Gasteiger partial charge < -0.3 is 9.47 Å². The second kappa shape index (κ2) is 5.98. The largest absolute Gasteiger partial charge is 0.493 e. The van der Waals surface area contributed by atoms with Crippen LogP contribution in [0, 0.1) is 0 Å². The van der Waals surface area contributed by atoms with Crippen molar-refractivity contribution in [3.63, 3.8) is 0 Å². The van der Waals surface area contributed by atoms with Crippen molar-refractivity contribution in [3.8, 4) is 11.5 Å². The number of hydrogen-bond acceptors (Lipinski definition) is 3. The zero-order valence-electron chi connectivity index (χ0n) is 9.44. The molecule has 0 N–H and O–H groups in total. The van der Waals surface area contributed by atoms with Crippen LogP contribution in [-0.2, 0) is 4.79 Å². The topological polar surface area (TPSA) is 35.5 Å². The lowest BCUT2D eigenvalue weighted by Crippen LogP contribution is -2.05. The van der Waals surface area contributed by atoms with E-state index < -0.39 is 6.61 Å². The van der Waals surface area contributed by atoms with Gasteiger partial charge in [0.15, 0.2) is 17.3 Å². The predicted molar refractivity (Wildman–Crippen MR) is 59.3 cm³/mol. The lowest BCUT2D eigenvalue weighted by atomic mass is 10.1. The number of para-hydroxylation sites is 1. The molecule has 0 aliphatic rings. The number of carbonyl (C=O) groups is 1. The Kier molecular flexibility index (Phi) is 4.63. The maximum atomic E-state index is 12.2. The first-order chi connectivity index (χ1) is 8.04. The molecule has 5 heteroatoms. The molecule has 92 valence electrons. The van der Waals surface area contributed by atoms with Gasteiger partial charge in [-0.1, -0.05) is 12.1 Å². The number of methoxy groups -OCH3 is 1. The van der Waals surface area contributed by atoms with Crippen molar-refractivity contribution in [1.82, 2.24) is 0 Å². The predicted octanol–water partition coefficient (Wildman–Crippen LogP) is 2.90. The van der Waals surface area contributed by atoms with Crippen LogP contribution in [0.15, 0.2) is 24.3 Å². The first-order valence-corrected chi connectivity index (χ1v) is 4.85. The summed E-state index contributed by atoms with van der Waals surface area (Å²) in [5.41, 5.74) is 0.361. The Bertz CT molecular complexity index is 428. The molecule has 1 aromatic rings. The molecule has 1 rings (SSSR count). The highest BCUT2D eigenvalue weighted by atomic mass is 19.3. The summed E-state index contributed by atoms with van der Waals surface area (Å²) >= 11 is 0. The fraction of sp³-hybridized carbons (Fsp3) is 0.250. The molecule has 0 spiro atoms. The number of allylic oxidation sites excluding steroid dienone is 1. The quantitative estimate of drug-likeness (QED) is 0.745. The molecule has 0 radical (unpaired) electrons. The first-order valence-electron chi connectivity index (χ1n) is 4.85. The second-order valence-corrected chi connectivity index (χ2v) is 3.20. The minimum absolute atomic E-state index is 0.0810. The van der Waals surface area contributed by atoms with Gasteiger partial charge in [-0.2, -0.15) is 8.78 Å². The molecule has 0 aromatic heterocycles. The fourth-order valence-corrected chi connectivity index (χ4v) is 1.25. The highest BCUT2D eigenvalue weighted by molar-refractivity contribution is 5.92. The van der Waals surface area contributed by atoms with Crippen LogP contribution in [0.2, 0.25) is 0 Å². The monoisotopic (exact) mass is 242 g/mol. The number of rotatable bonds is 5. The van der Waals surface area contributed by atoms with E-state index in [1.54, 1.807) is 12.1 Å². The molecule has 0 unspecified atom stereocenters. The van der Waals surface area contributed by atoms with E-state index in [1.165, 1.54) is 32.3 Å². The zero-order valence-corrected chi connectivity index (χ0v) is 9.44. The lowest BCUT2D eigenvalue weighted by Gasteiger charge is -2.12. The average Bonchev–Trinajstić information content (AvgIpc) is 2.26. The Hall–Kier alpha value is -1.91. The van der Waals surface area contributed by atoms with Crippen LogP contribution in [0.4, 0.5) is 8.78 Å². The van der Waals surface area contributed by atoms with E-state index in [0.717, 1.165) is 0 Å². The van der Waals surface area contributed by atoms with E-state index in [2.05, 4.69) is 4.74 Å². The molecule has 0 bridgehead atoms. The molecule has 0 heterocycles. The van der Waals surface area contributed by atoms with E-state index in [-0.39, 0.29) is 17.3 Å². The summed E-state index contributed by atoms with van der Waals surface area (Å²) in [6.07, 6.45) is 2.68. The van der Waals surface area contributed by atoms with Gasteiger partial charge >= 0.3 is 6.61 Å². The highest BCUT2D eigenvalue weighted by Crippen LogP contribution is 2.33. The summed E-state index contributed by atoms with van der Waals surface area (Å²) in [6.45, 7) is -1.58. The van der Waals surface area contributed by atoms with Crippen LogP contribution in [0.25, 0.3) is 6.08 Å². The number of benzene rings is 1. The Labute approximate surface area is 97.7 Å². The van der Waals surface area contributed by atoms with E-state index in [9.17, 15) is 13.6 Å². The van der Waals surface area contributed by atoms with E-state index >= 15 is 0 Å². The maximum Gasteiger partial charge on any atom is 0.387 e. The zero-order chi connectivity index (χ0) is 12.8. The van der Waals surface area contributed by atoms with Gasteiger partial charge in [0.2, 0.25) is 0 Å². The van der Waals surface area contributed by atoms with Crippen LogP contribution in [0.3, 0.4) is 0 Å². The number of ketones is 1. The molecule has 0 aliphatic carbocycles. The first kappa shape index (κ1) is 13.2. The summed E-state index contributed by atoms with van der Waals surface area (Å²) in [5.74, 6) is -0.0747. The summed E-state index contributed by atoms with van der Waals surface area (Å²) in [6, 6.07) is 4.68. The molecule has 0 aliphatic heterocycles. The summed E-state index contributed by atoms with van der Waals surface area (Å²) in [4.78, 5) is 10.8. The van der Waals surface area contributed by atoms with Crippen molar-refractivity contribution >= 4 is 11.9 Å². The van der Waals surface area contributed by atoms with E-state index in [4.69, 9.17) is 4.74 Å². The number of halogens is 2. The van der Waals surface area contributed by atoms with Crippen LogP contribution < -0.4 is 9.47 Å². The van der Waals surface area contributed by atoms with E-state index in [1.807, 2.05) is 0 Å². The van der Waals surface area contributed by atoms with Gasteiger partial charge in [-0.3, -0.25) is 4.79 Å². The van der Waals surface area contributed by atoms with Crippen molar-refractivity contribution in [1.29, 1.82) is 0 Å². The third-order valence-electron chi connectivity index (χ3n) is 1.93. The third kappa shape index (κ3) is 3.86. The number of alkyl halides is 2. The number of hydrogen-bond donors (Lipinski definition) is 0. The Balaban J connectivity index is 3.14. The number of ether oxygens (including phenoxy) is 2. The molecule has 0 saturated heterocycles. The number of carbonyl (C=O) groups excluding carboxylic acids is 1. The van der Waals surface area contributed by atoms with E-state index in [0.29, 0.717) is 5.56 Å². The van der Waals surface area contributed by atoms with Gasteiger partial charge in [-0.05, 0) is 25.1 Å². The minimum atomic E-state index is -2.95. The van der Waals surface area contributed by atoms with Crippen LogP contribution in [0.1, 0.15) is 12.5 Å². The molecule has 1 aromatic carbocycles. The van der Waals surface area contributed by atoms with Gasteiger partial charge in [-0.15, -0.1) is 0 Å². The fourth-order valence-electron chi connectivity index (χ4n) is 1.25. The molecule has 17 heavy (non-hydrogen) atoms. The average molecular weight is 242 g/mol. The van der Waals surface area contributed by atoms with Crippen molar-refractivity contribution in [3.05, 3.63) is 29.8 Å². The van der Waals surface area contributed by atoms with Gasteiger partial charge in [0.25, 0.3) is 0 Å². The highest BCUT2D eigenvalue weighted by Gasteiger charge is 2.13. The maximum absolute atomic E-state index is 12.2. The van der Waals surface area contributed by atoms with Crippen molar-refractivity contribution in [2.75, 3.05) is 7.11 Å². The van der Waals surface area contributed by atoms with Crippen LogP contribution in [-0.4, -0.2) is 19.5 Å². The van der Waals surface area contributed by atoms with Crippen molar-refractivity contribution in [2.24, 2.45) is 0 Å². The standard InChI is InChI=1S/C12H12F2O3/c1-8(15)6-7-9-4-3-5-10(16-2)11(9)17-12(13)14/h3-7,12H,1-2H3. The lowest BCUT2D eigenvalue weighted by molar-refractivity contribution is -0.112. The SMILES string of the molecule is COc1cccc(C=CC(C)=O)c1OC(F)F.